The zero-order chi connectivity index (χ0) is 11.8. The molecule has 1 atom stereocenters. The largest absolute Gasteiger partial charge is 0.475 e. The van der Waals surface area contributed by atoms with Crippen LogP contribution in [0.1, 0.15) is 26.3 Å². The summed E-state index contributed by atoms with van der Waals surface area (Å²) in [4.78, 5) is 4.64. The van der Waals surface area contributed by atoms with Crippen LogP contribution in [0, 0.1) is 5.41 Å². The van der Waals surface area contributed by atoms with E-state index in [2.05, 4.69) is 41.7 Å². The third-order valence-corrected chi connectivity index (χ3v) is 3.27. The first kappa shape index (κ1) is 11.6. The second-order valence-electron chi connectivity index (χ2n) is 5.13. The molecule has 0 saturated carbocycles. The monoisotopic (exact) mass is 281 g/mol. The van der Waals surface area contributed by atoms with Gasteiger partial charge in [-0.05, 0) is 29.7 Å². The Morgan fingerprint density at radius 1 is 1.25 bits per heavy atom. The molecule has 3 heteroatoms. The van der Waals surface area contributed by atoms with Gasteiger partial charge in [0.15, 0.2) is 0 Å². The van der Waals surface area contributed by atoms with Gasteiger partial charge in [0.05, 0.1) is 6.04 Å². The molecule has 0 aliphatic carbocycles. The number of nitrogens with zero attached hydrogens (tertiary/aromatic N) is 1. The first-order valence-corrected chi connectivity index (χ1v) is 6.22. The van der Waals surface area contributed by atoms with Crippen LogP contribution >= 0.6 is 15.9 Å². The Labute approximate surface area is 105 Å². The number of hydrogen-bond donors (Lipinski definition) is 0. The predicted molar refractivity (Wildman–Crippen MR) is 69.9 cm³/mol. The lowest BCUT2D eigenvalue weighted by atomic mass is 9.88. The fraction of sp³-hybridized carbons (Fsp3) is 0.462. The Bertz CT molecular complexity index is 403. The number of hydrogen-bond acceptors (Lipinski definition) is 2. The third-order valence-electron chi connectivity index (χ3n) is 2.74. The Balaban J connectivity index is 2.21. The molecular weight excluding hydrogens is 266 g/mol. The van der Waals surface area contributed by atoms with Crippen LogP contribution in [-0.2, 0) is 4.74 Å². The molecule has 0 bridgehead atoms. The zero-order valence-electron chi connectivity index (χ0n) is 9.83. The second-order valence-corrected chi connectivity index (χ2v) is 6.05. The molecule has 0 fully saturated rings. The first-order chi connectivity index (χ1) is 7.47. The second kappa shape index (κ2) is 4.21. The van der Waals surface area contributed by atoms with Gasteiger partial charge in [-0.15, -0.1) is 0 Å². The smallest absolute Gasteiger partial charge is 0.216 e. The normalized spacial score (nSPS) is 20.5. The van der Waals surface area contributed by atoms with E-state index >= 15 is 0 Å². The van der Waals surface area contributed by atoms with Gasteiger partial charge in [-0.25, -0.2) is 4.99 Å². The maximum Gasteiger partial charge on any atom is 0.216 e. The van der Waals surface area contributed by atoms with E-state index in [0.717, 1.165) is 15.9 Å². The van der Waals surface area contributed by atoms with Crippen LogP contribution in [-0.4, -0.2) is 18.5 Å². The lowest BCUT2D eigenvalue weighted by molar-refractivity contribution is 0.236. The van der Waals surface area contributed by atoms with Gasteiger partial charge in [0.2, 0.25) is 5.90 Å². The van der Waals surface area contributed by atoms with Crippen molar-refractivity contribution in [3.8, 4) is 0 Å². The minimum atomic E-state index is 0.164. The molecule has 0 amide bonds. The van der Waals surface area contributed by atoms with Gasteiger partial charge >= 0.3 is 0 Å². The minimum absolute atomic E-state index is 0.164. The van der Waals surface area contributed by atoms with Crippen LogP contribution in [0.5, 0.6) is 0 Å². The fourth-order valence-corrected chi connectivity index (χ4v) is 1.83. The molecule has 2 nitrogen and oxygen atoms in total. The highest BCUT2D eigenvalue weighted by Crippen LogP contribution is 2.27. The van der Waals surface area contributed by atoms with Gasteiger partial charge in [-0.2, -0.15) is 0 Å². The van der Waals surface area contributed by atoms with Gasteiger partial charge in [0, 0.05) is 10.0 Å². The molecule has 0 radical (unpaired) electrons. The Morgan fingerprint density at radius 2 is 1.88 bits per heavy atom. The molecule has 1 aromatic carbocycles. The maximum absolute atomic E-state index is 5.65. The Hall–Kier alpha value is -0.830. The van der Waals surface area contributed by atoms with E-state index < -0.39 is 0 Å². The maximum atomic E-state index is 5.65. The summed E-state index contributed by atoms with van der Waals surface area (Å²) in [7, 11) is 0. The van der Waals surface area contributed by atoms with Gasteiger partial charge in [-0.3, -0.25) is 0 Å². The van der Waals surface area contributed by atoms with Crippen LogP contribution in [0.15, 0.2) is 33.7 Å². The molecule has 1 heterocycles. The van der Waals surface area contributed by atoms with Gasteiger partial charge in [0.1, 0.15) is 6.61 Å². The van der Waals surface area contributed by atoms with Gasteiger partial charge < -0.3 is 4.74 Å². The summed E-state index contributed by atoms with van der Waals surface area (Å²) in [6.45, 7) is 7.26. The minimum Gasteiger partial charge on any atom is -0.475 e. The molecule has 1 unspecified atom stereocenters. The standard InChI is InChI=1S/C13H16BrNO/c1-13(2,3)11-8-16-12(15-11)9-4-6-10(14)7-5-9/h4-7,11H,8H2,1-3H3. The number of ether oxygens (including phenoxy) is 1. The van der Waals surface area contributed by atoms with E-state index in [4.69, 9.17) is 4.74 Å². The molecule has 1 aliphatic heterocycles. The number of halogens is 1. The van der Waals surface area contributed by atoms with Crippen LogP contribution in [0.4, 0.5) is 0 Å². The number of rotatable bonds is 1. The lowest BCUT2D eigenvalue weighted by Crippen LogP contribution is -2.25. The molecule has 2 rings (SSSR count). The van der Waals surface area contributed by atoms with E-state index in [0.29, 0.717) is 6.61 Å². The highest BCUT2D eigenvalue weighted by molar-refractivity contribution is 9.10. The van der Waals surface area contributed by atoms with Crippen LogP contribution in [0.2, 0.25) is 0 Å². The number of aliphatic imine (C=N–C) groups is 1. The van der Waals surface area contributed by atoms with Crippen molar-refractivity contribution in [3.05, 3.63) is 34.3 Å². The molecule has 86 valence electrons. The highest BCUT2D eigenvalue weighted by Gasteiger charge is 2.30. The van der Waals surface area contributed by atoms with Crippen molar-refractivity contribution in [2.75, 3.05) is 6.61 Å². The third kappa shape index (κ3) is 2.46. The van der Waals surface area contributed by atoms with Crippen LogP contribution < -0.4 is 0 Å². The quantitative estimate of drug-likeness (QED) is 0.770. The lowest BCUT2D eigenvalue weighted by Gasteiger charge is -2.21. The molecular formula is C13H16BrNO. The zero-order valence-corrected chi connectivity index (χ0v) is 11.4. The summed E-state index contributed by atoms with van der Waals surface area (Å²) in [5.41, 5.74) is 1.21. The summed E-state index contributed by atoms with van der Waals surface area (Å²) >= 11 is 3.42. The Morgan fingerprint density at radius 3 is 2.38 bits per heavy atom. The van der Waals surface area contributed by atoms with Crippen molar-refractivity contribution in [1.82, 2.24) is 0 Å². The van der Waals surface area contributed by atoms with Gasteiger partial charge in [0.25, 0.3) is 0 Å². The summed E-state index contributed by atoms with van der Waals surface area (Å²) in [6.07, 6.45) is 0. The summed E-state index contributed by atoms with van der Waals surface area (Å²) in [5.74, 6) is 0.771. The van der Waals surface area contributed by atoms with E-state index in [1.165, 1.54) is 0 Å². The summed E-state index contributed by atoms with van der Waals surface area (Å²) in [5, 5.41) is 0. The van der Waals surface area contributed by atoms with Crippen molar-refractivity contribution >= 4 is 21.8 Å². The molecule has 1 aromatic rings. The van der Waals surface area contributed by atoms with E-state index in [-0.39, 0.29) is 11.5 Å². The van der Waals surface area contributed by atoms with Crippen molar-refractivity contribution in [3.63, 3.8) is 0 Å². The van der Waals surface area contributed by atoms with Crippen LogP contribution in [0.25, 0.3) is 0 Å². The Kier molecular flexibility index (Phi) is 3.06. The van der Waals surface area contributed by atoms with E-state index in [1.54, 1.807) is 0 Å². The van der Waals surface area contributed by atoms with E-state index in [9.17, 15) is 0 Å². The number of benzene rings is 1. The molecule has 0 spiro atoms. The summed E-state index contributed by atoms with van der Waals surface area (Å²) < 4.78 is 6.72. The average molecular weight is 282 g/mol. The average Bonchev–Trinajstić information content (AvgIpc) is 2.67. The van der Waals surface area contributed by atoms with E-state index in [1.807, 2.05) is 24.3 Å². The fourth-order valence-electron chi connectivity index (χ4n) is 1.57. The highest BCUT2D eigenvalue weighted by atomic mass is 79.9. The van der Waals surface area contributed by atoms with Crippen molar-refractivity contribution in [2.45, 2.75) is 26.8 Å². The molecule has 1 aliphatic rings. The SMILES string of the molecule is CC(C)(C)C1COC(c2ccc(Br)cc2)=N1. The molecule has 0 saturated heterocycles. The molecule has 0 N–H and O–H groups in total. The topological polar surface area (TPSA) is 21.6 Å². The van der Waals surface area contributed by atoms with Crippen molar-refractivity contribution in [1.29, 1.82) is 0 Å². The molecule has 16 heavy (non-hydrogen) atoms. The predicted octanol–water partition coefficient (Wildman–Crippen LogP) is 3.64. The van der Waals surface area contributed by atoms with Gasteiger partial charge in [-0.1, -0.05) is 36.7 Å². The van der Waals surface area contributed by atoms with Crippen molar-refractivity contribution in [2.24, 2.45) is 10.4 Å². The van der Waals surface area contributed by atoms with Crippen molar-refractivity contribution < 1.29 is 4.74 Å². The van der Waals surface area contributed by atoms with Crippen LogP contribution in [0.3, 0.4) is 0 Å². The molecule has 0 aromatic heterocycles. The first-order valence-electron chi connectivity index (χ1n) is 5.43. The summed E-state index contributed by atoms with van der Waals surface area (Å²) in [6, 6.07) is 8.31.